The fourth-order valence-corrected chi connectivity index (χ4v) is 4.49. The largest absolute Gasteiger partial charge is 0.497 e. The lowest BCUT2D eigenvalue weighted by Crippen LogP contribution is -2.33. The number of ether oxygens (including phenoxy) is 1. The number of aryl methyl sites for hydroxylation is 1. The van der Waals surface area contributed by atoms with Gasteiger partial charge in [-0.1, -0.05) is 23.2 Å². The Hall–Kier alpha value is -4.18. The molecule has 0 radical (unpaired) electrons. The van der Waals surface area contributed by atoms with Crippen LogP contribution in [0, 0.1) is 6.92 Å². The number of carbonyl (C=O) groups is 1. The zero-order valence-corrected chi connectivity index (χ0v) is 23.1. The Bertz CT molecular complexity index is 1730. The second-order valence-corrected chi connectivity index (χ2v) is 9.70. The van der Waals surface area contributed by atoms with Gasteiger partial charge in [0.25, 0.3) is 0 Å². The molecule has 0 atom stereocenters. The molecule has 2 heterocycles. The molecular formula is C28H21Cl2N5O3S. The van der Waals surface area contributed by atoms with Gasteiger partial charge in [-0.2, -0.15) is 4.80 Å². The Labute approximate surface area is 239 Å². The lowest BCUT2D eigenvalue weighted by atomic mass is 10.2. The molecule has 3 aromatic carbocycles. The van der Waals surface area contributed by atoms with Crippen LogP contribution in [0.3, 0.4) is 0 Å². The van der Waals surface area contributed by atoms with E-state index in [9.17, 15) is 4.79 Å². The van der Waals surface area contributed by atoms with Crippen molar-refractivity contribution >= 4 is 69.2 Å². The smallest absolute Gasteiger partial charge is 0.250 e. The Morgan fingerprint density at radius 3 is 2.49 bits per heavy atom. The van der Waals surface area contributed by atoms with Gasteiger partial charge in [0.15, 0.2) is 5.11 Å². The number of rotatable bonds is 6. The van der Waals surface area contributed by atoms with Gasteiger partial charge < -0.3 is 14.5 Å². The molecular weight excluding hydrogens is 557 g/mol. The van der Waals surface area contributed by atoms with Crippen LogP contribution in [-0.2, 0) is 4.79 Å². The molecule has 0 aliphatic heterocycles. The third-order valence-corrected chi connectivity index (χ3v) is 6.49. The van der Waals surface area contributed by atoms with E-state index in [0.29, 0.717) is 38.3 Å². The second-order valence-electron chi connectivity index (χ2n) is 8.45. The normalized spacial score (nSPS) is 11.2. The van der Waals surface area contributed by atoms with Gasteiger partial charge in [-0.05, 0) is 97.5 Å². The summed E-state index contributed by atoms with van der Waals surface area (Å²) in [5, 5.41) is 16.0. The molecule has 5 aromatic rings. The van der Waals surface area contributed by atoms with E-state index in [1.165, 1.54) is 6.08 Å². The van der Waals surface area contributed by atoms with Crippen LogP contribution < -0.4 is 15.4 Å². The Balaban J connectivity index is 1.23. The van der Waals surface area contributed by atoms with Gasteiger partial charge in [-0.25, -0.2) is 0 Å². The summed E-state index contributed by atoms with van der Waals surface area (Å²) in [5.74, 6) is 1.37. The average Bonchev–Trinajstić information content (AvgIpc) is 3.55. The Kier molecular flexibility index (Phi) is 7.65. The maximum Gasteiger partial charge on any atom is 0.250 e. The monoisotopic (exact) mass is 577 g/mol. The molecule has 8 nitrogen and oxygen atoms in total. The van der Waals surface area contributed by atoms with Gasteiger partial charge in [-0.15, -0.1) is 10.2 Å². The summed E-state index contributed by atoms with van der Waals surface area (Å²) >= 11 is 17.5. The minimum Gasteiger partial charge on any atom is -0.497 e. The van der Waals surface area contributed by atoms with Crippen molar-refractivity contribution in [2.45, 2.75) is 6.92 Å². The molecule has 0 saturated heterocycles. The summed E-state index contributed by atoms with van der Waals surface area (Å²) in [6.45, 7) is 1.92. The van der Waals surface area contributed by atoms with Gasteiger partial charge >= 0.3 is 0 Å². The maximum absolute atomic E-state index is 12.5. The molecule has 2 N–H and O–H groups in total. The lowest BCUT2D eigenvalue weighted by Gasteiger charge is -2.10. The number of carbonyl (C=O) groups excluding carboxylic acids is 1. The number of amides is 1. The summed E-state index contributed by atoms with van der Waals surface area (Å²) in [6, 6.07) is 19.8. The molecule has 0 aliphatic carbocycles. The fraction of sp³-hybridized carbons (Fsp3) is 0.0714. The minimum absolute atomic E-state index is 0.141. The molecule has 0 saturated carbocycles. The number of halogens is 2. The maximum atomic E-state index is 12.5. The van der Waals surface area contributed by atoms with Crippen molar-refractivity contribution in [3.05, 3.63) is 94.2 Å². The highest BCUT2D eigenvalue weighted by molar-refractivity contribution is 7.80. The number of fused-ring (bicyclic) bond motifs is 1. The van der Waals surface area contributed by atoms with E-state index < -0.39 is 5.91 Å². The third kappa shape index (κ3) is 6.12. The van der Waals surface area contributed by atoms with Crippen molar-refractivity contribution in [2.75, 3.05) is 12.4 Å². The highest BCUT2D eigenvalue weighted by Gasteiger charge is 2.12. The summed E-state index contributed by atoms with van der Waals surface area (Å²) in [6.07, 6.45) is 2.87. The van der Waals surface area contributed by atoms with Gasteiger partial charge in [0, 0.05) is 22.3 Å². The number of anilines is 1. The molecule has 0 bridgehead atoms. The molecule has 39 heavy (non-hydrogen) atoms. The van der Waals surface area contributed by atoms with Gasteiger partial charge in [0.2, 0.25) is 5.91 Å². The fourth-order valence-electron chi connectivity index (χ4n) is 3.78. The van der Waals surface area contributed by atoms with E-state index in [2.05, 4.69) is 20.8 Å². The van der Waals surface area contributed by atoms with E-state index in [4.69, 9.17) is 44.6 Å². The van der Waals surface area contributed by atoms with Gasteiger partial charge in [0.05, 0.1) is 17.8 Å². The predicted molar refractivity (Wildman–Crippen MR) is 158 cm³/mol. The number of nitrogens with zero attached hydrogens (tertiary/aromatic N) is 3. The zero-order chi connectivity index (χ0) is 27.5. The van der Waals surface area contributed by atoms with Crippen LogP contribution in [0.25, 0.3) is 34.1 Å². The van der Waals surface area contributed by atoms with Crippen molar-refractivity contribution in [3.63, 3.8) is 0 Å². The average molecular weight is 578 g/mol. The number of nitrogens with one attached hydrogen (secondary N) is 2. The standard InChI is InChI=1S/C28H21Cl2N5O3S/c1-16-13-24-25(34-35(33-24)18-4-6-19(37-2)7-5-18)15-23(16)31-28(39)32-27(36)12-9-20-8-11-26(38-20)21-10-3-17(29)14-22(21)30/h3-15H,1-2H3,(H2,31,32,36,39)/b12-9+. The molecule has 2 aromatic heterocycles. The van der Waals surface area contributed by atoms with Crippen LogP contribution in [0.1, 0.15) is 11.3 Å². The summed E-state index contributed by atoms with van der Waals surface area (Å²) in [7, 11) is 1.62. The molecule has 0 fully saturated rings. The number of hydrogen-bond acceptors (Lipinski definition) is 6. The van der Waals surface area contributed by atoms with E-state index in [1.54, 1.807) is 48.3 Å². The third-order valence-electron chi connectivity index (χ3n) is 5.74. The summed E-state index contributed by atoms with van der Waals surface area (Å²) in [5.41, 5.74) is 4.49. The highest BCUT2D eigenvalue weighted by atomic mass is 35.5. The molecule has 5 rings (SSSR count). The van der Waals surface area contributed by atoms with E-state index in [1.807, 2.05) is 43.3 Å². The predicted octanol–water partition coefficient (Wildman–Crippen LogP) is 6.83. The van der Waals surface area contributed by atoms with Crippen LogP contribution in [0.2, 0.25) is 10.0 Å². The van der Waals surface area contributed by atoms with Crippen LogP contribution in [0.4, 0.5) is 5.69 Å². The number of hydrogen-bond donors (Lipinski definition) is 2. The first-order valence-corrected chi connectivity index (χ1v) is 12.8. The number of aromatic nitrogens is 3. The van der Waals surface area contributed by atoms with Gasteiger partial charge in [0.1, 0.15) is 28.3 Å². The number of furan rings is 1. The van der Waals surface area contributed by atoms with E-state index >= 15 is 0 Å². The molecule has 1 amide bonds. The number of thiocarbonyl (C=S) groups is 1. The SMILES string of the molecule is COc1ccc(-n2nc3cc(C)c(NC(=S)NC(=O)/C=C/c4ccc(-c5ccc(Cl)cc5Cl)o4)cc3n2)cc1. The first-order chi connectivity index (χ1) is 18.8. The van der Waals surface area contributed by atoms with Crippen molar-refractivity contribution in [1.82, 2.24) is 20.3 Å². The quantitative estimate of drug-likeness (QED) is 0.169. The molecule has 0 aliphatic rings. The molecule has 196 valence electrons. The minimum atomic E-state index is -0.417. The van der Waals surface area contributed by atoms with Crippen molar-refractivity contribution < 1.29 is 13.9 Å². The zero-order valence-electron chi connectivity index (χ0n) is 20.7. The van der Waals surface area contributed by atoms with Crippen LogP contribution in [0.5, 0.6) is 5.75 Å². The van der Waals surface area contributed by atoms with Crippen molar-refractivity contribution in [3.8, 4) is 22.8 Å². The van der Waals surface area contributed by atoms with Crippen LogP contribution >= 0.6 is 35.4 Å². The summed E-state index contributed by atoms with van der Waals surface area (Å²) < 4.78 is 11.0. The number of benzene rings is 3. The molecule has 0 unspecified atom stereocenters. The van der Waals surface area contributed by atoms with E-state index in [-0.39, 0.29) is 5.11 Å². The topological polar surface area (TPSA) is 94.2 Å². The molecule has 11 heteroatoms. The number of methoxy groups -OCH3 is 1. The first-order valence-electron chi connectivity index (χ1n) is 11.7. The second kappa shape index (κ2) is 11.3. The first kappa shape index (κ1) is 26.4. The van der Waals surface area contributed by atoms with Crippen LogP contribution in [0.15, 0.2) is 77.2 Å². The van der Waals surface area contributed by atoms with E-state index in [0.717, 1.165) is 22.5 Å². The van der Waals surface area contributed by atoms with Crippen molar-refractivity contribution in [2.24, 2.45) is 0 Å². The van der Waals surface area contributed by atoms with Crippen molar-refractivity contribution in [1.29, 1.82) is 0 Å². The highest BCUT2D eigenvalue weighted by Crippen LogP contribution is 2.31. The molecule has 0 spiro atoms. The Morgan fingerprint density at radius 2 is 1.77 bits per heavy atom. The van der Waals surface area contributed by atoms with Crippen LogP contribution in [-0.4, -0.2) is 33.1 Å². The van der Waals surface area contributed by atoms with Gasteiger partial charge in [-0.3, -0.25) is 10.1 Å². The summed E-state index contributed by atoms with van der Waals surface area (Å²) in [4.78, 5) is 14.0. The Morgan fingerprint density at radius 1 is 1.03 bits per heavy atom. The lowest BCUT2D eigenvalue weighted by molar-refractivity contribution is -0.115.